The van der Waals surface area contributed by atoms with E-state index in [1.165, 1.54) is 35.5 Å². The zero-order chi connectivity index (χ0) is 24.0. The summed E-state index contributed by atoms with van der Waals surface area (Å²) < 4.78 is 5.20. The van der Waals surface area contributed by atoms with Gasteiger partial charge >= 0.3 is 0 Å². The molecule has 0 radical (unpaired) electrons. The Kier molecular flexibility index (Phi) is 7.93. The summed E-state index contributed by atoms with van der Waals surface area (Å²) in [6.45, 7) is -0.0916. The molecule has 0 atom stereocenters. The van der Waals surface area contributed by atoms with Gasteiger partial charge in [-0.2, -0.15) is 0 Å². The fraction of sp³-hybridized carbons (Fsp3) is 0.190. The highest BCUT2D eigenvalue weighted by molar-refractivity contribution is 7.14. The van der Waals surface area contributed by atoms with Crippen LogP contribution in [-0.4, -0.2) is 53.9 Å². The number of carbonyl (C=O) groups is 2. The summed E-state index contributed by atoms with van der Waals surface area (Å²) in [6.07, 6.45) is 0. The molecule has 0 aliphatic rings. The zero-order valence-electron chi connectivity index (χ0n) is 17.7. The minimum absolute atomic E-state index is 0.0404. The lowest BCUT2D eigenvalue weighted by molar-refractivity contribution is -0.384. The summed E-state index contributed by atoms with van der Waals surface area (Å²) in [5.41, 5.74) is 1.49. The summed E-state index contributed by atoms with van der Waals surface area (Å²) >= 11 is 7.16. The smallest absolute Gasteiger partial charge is 0.270 e. The number of hydrogen-bond donors (Lipinski definition) is 2. The van der Waals surface area contributed by atoms with Crippen molar-refractivity contribution < 1.29 is 19.2 Å². The lowest BCUT2D eigenvalue weighted by atomic mass is 10.1. The Morgan fingerprint density at radius 3 is 2.61 bits per heavy atom. The first-order valence-corrected chi connectivity index (χ1v) is 10.8. The summed E-state index contributed by atoms with van der Waals surface area (Å²) in [5, 5.41) is 18.8. The number of benzene rings is 2. The highest BCUT2D eigenvalue weighted by Crippen LogP contribution is 2.28. The van der Waals surface area contributed by atoms with Crippen LogP contribution in [0.1, 0.15) is 0 Å². The van der Waals surface area contributed by atoms with E-state index < -0.39 is 4.92 Å². The number of aromatic nitrogens is 1. The van der Waals surface area contributed by atoms with Crippen LogP contribution in [0.15, 0.2) is 47.8 Å². The van der Waals surface area contributed by atoms with Crippen molar-refractivity contribution >= 4 is 51.3 Å². The van der Waals surface area contributed by atoms with Crippen molar-refractivity contribution in [2.24, 2.45) is 0 Å². The minimum Gasteiger partial charge on any atom is -0.495 e. The standard InChI is InChI=1S/C21H20ClN5O5S/c1-26(10-19(28)23-16-9-14(22)6-7-18(16)32-2)11-20(29)25-21-24-17(12-33-21)13-4-3-5-15(8-13)27(30)31/h3-9,12H,10-11H2,1-2H3,(H,23,28)(H,24,25,29). The SMILES string of the molecule is COc1ccc(Cl)cc1NC(=O)CN(C)CC(=O)Nc1nc(-c2cccc([N+](=O)[O-])c2)cs1. The zero-order valence-corrected chi connectivity index (χ0v) is 19.3. The average Bonchev–Trinajstić information content (AvgIpc) is 3.22. The first kappa shape index (κ1) is 24.1. The molecule has 2 aromatic carbocycles. The number of methoxy groups -OCH3 is 1. The van der Waals surface area contributed by atoms with Gasteiger partial charge in [0.1, 0.15) is 5.75 Å². The van der Waals surface area contributed by atoms with E-state index in [1.54, 1.807) is 42.8 Å². The van der Waals surface area contributed by atoms with Gasteiger partial charge in [0, 0.05) is 28.1 Å². The molecule has 0 bridgehead atoms. The van der Waals surface area contributed by atoms with Gasteiger partial charge in [-0.1, -0.05) is 23.7 Å². The molecule has 3 rings (SSSR count). The third-order valence-electron chi connectivity index (χ3n) is 4.37. The van der Waals surface area contributed by atoms with Gasteiger partial charge in [-0.3, -0.25) is 24.6 Å². The third-order valence-corrected chi connectivity index (χ3v) is 5.36. The topological polar surface area (TPSA) is 127 Å². The van der Waals surface area contributed by atoms with E-state index in [-0.39, 0.29) is 30.6 Å². The van der Waals surface area contributed by atoms with Crippen LogP contribution < -0.4 is 15.4 Å². The van der Waals surface area contributed by atoms with E-state index in [4.69, 9.17) is 16.3 Å². The molecule has 0 spiro atoms. The maximum Gasteiger partial charge on any atom is 0.270 e. The van der Waals surface area contributed by atoms with Crippen LogP contribution in [0.3, 0.4) is 0 Å². The lowest BCUT2D eigenvalue weighted by Gasteiger charge is -2.16. The number of nitro benzene ring substituents is 1. The number of nitrogens with zero attached hydrogens (tertiary/aromatic N) is 3. The molecule has 0 saturated carbocycles. The summed E-state index contributed by atoms with van der Waals surface area (Å²) in [6, 6.07) is 11.0. The van der Waals surface area contributed by atoms with E-state index >= 15 is 0 Å². The Bertz CT molecular complexity index is 1190. The Labute approximate surface area is 198 Å². The molecule has 172 valence electrons. The fourth-order valence-corrected chi connectivity index (χ4v) is 3.82. The lowest BCUT2D eigenvalue weighted by Crippen LogP contribution is -2.36. The highest BCUT2D eigenvalue weighted by atomic mass is 35.5. The molecule has 10 nitrogen and oxygen atoms in total. The molecule has 0 fully saturated rings. The third kappa shape index (κ3) is 6.72. The number of likely N-dealkylation sites (N-methyl/N-ethyl adjacent to an activating group) is 1. The minimum atomic E-state index is -0.479. The van der Waals surface area contributed by atoms with Gasteiger partial charge in [-0.15, -0.1) is 11.3 Å². The molecule has 33 heavy (non-hydrogen) atoms. The number of thiazole rings is 1. The largest absolute Gasteiger partial charge is 0.495 e. The maximum absolute atomic E-state index is 12.4. The number of ether oxygens (including phenoxy) is 1. The Hall–Kier alpha value is -3.54. The normalized spacial score (nSPS) is 10.7. The van der Waals surface area contributed by atoms with Gasteiger partial charge < -0.3 is 15.4 Å². The predicted octanol–water partition coefficient (Wildman–Crippen LogP) is 3.89. The van der Waals surface area contributed by atoms with Crippen molar-refractivity contribution in [1.82, 2.24) is 9.88 Å². The van der Waals surface area contributed by atoms with Crippen LogP contribution in [0.2, 0.25) is 5.02 Å². The first-order chi connectivity index (χ1) is 15.7. The van der Waals surface area contributed by atoms with E-state index in [0.717, 1.165) is 0 Å². The van der Waals surface area contributed by atoms with Crippen LogP contribution in [0.4, 0.5) is 16.5 Å². The molecule has 0 saturated heterocycles. The van der Waals surface area contributed by atoms with Gasteiger partial charge in [0.25, 0.3) is 5.69 Å². The van der Waals surface area contributed by atoms with E-state index in [9.17, 15) is 19.7 Å². The molecule has 0 aliphatic carbocycles. The molecule has 0 aliphatic heterocycles. The number of anilines is 2. The number of carbonyl (C=O) groups excluding carboxylic acids is 2. The van der Waals surface area contributed by atoms with E-state index in [2.05, 4.69) is 15.6 Å². The second-order valence-corrected chi connectivity index (χ2v) is 8.25. The van der Waals surface area contributed by atoms with Crippen molar-refractivity contribution in [2.75, 3.05) is 37.9 Å². The molecular formula is C21H20ClN5O5S. The fourth-order valence-electron chi connectivity index (χ4n) is 2.92. The second kappa shape index (κ2) is 10.9. The molecular weight excluding hydrogens is 470 g/mol. The maximum atomic E-state index is 12.4. The molecule has 2 amide bonds. The van der Waals surface area contributed by atoms with Gasteiger partial charge in [0.05, 0.1) is 36.5 Å². The number of halogens is 1. The van der Waals surface area contributed by atoms with Gasteiger partial charge in [-0.05, 0) is 25.2 Å². The van der Waals surface area contributed by atoms with Crippen molar-refractivity contribution in [3.63, 3.8) is 0 Å². The first-order valence-electron chi connectivity index (χ1n) is 9.57. The number of hydrogen-bond acceptors (Lipinski definition) is 8. The van der Waals surface area contributed by atoms with Gasteiger partial charge in [0.2, 0.25) is 11.8 Å². The molecule has 1 aromatic heterocycles. The molecule has 3 aromatic rings. The summed E-state index contributed by atoms with van der Waals surface area (Å²) in [7, 11) is 3.11. The van der Waals surface area contributed by atoms with E-state index in [0.29, 0.717) is 32.8 Å². The Morgan fingerprint density at radius 1 is 1.18 bits per heavy atom. The summed E-state index contributed by atoms with van der Waals surface area (Å²) in [5.74, 6) is -0.227. The molecule has 0 unspecified atom stereocenters. The second-order valence-electron chi connectivity index (χ2n) is 6.96. The predicted molar refractivity (Wildman–Crippen MR) is 127 cm³/mol. The number of non-ortho nitro benzene ring substituents is 1. The van der Waals surface area contributed by atoms with Crippen molar-refractivity contribution in [3.8, 4) is 17.0 Å². The van der Waals surface area contributed by atoms with Crippen molar-refractivity contribution in [2.45, 2.75) is 0 Å². The van der Waals surface area contributed by atoms with Gasteiger partial charge in [-0.25, -0.2) is 4.98 Å². The Morgan fingerprint density at radius 2 is 1.91 bits per heavy atom. The van der Waals surface area contributed by atoms with Crippen LogP contribution in [0, 0.1) is 10.1 Å². The summed E-state index contributed by atoms with van der Waals surface area (Å²) in [4.78, 5) is 41.0. The monoisotopic (exact) mass is 489 g/mol. The molecule has 2 N–H and O–H groups in total. The quantitative estimate of drug-likeness (QED) is 0.345. The van der Waals surface area contributed by atoms with Crippen LogP contribution in [0.25, 0.3) is 11.3 Å². The van der Waals surface area contributed by atoms with Crippen molar-refractivity contribution in [1.29, 1.82) is 0 Å². The average molecular weight is 490 g/mol. The van der Waals surface area contributed by atoms with Crippen LogP contribution in [0.5, 0.6) is 5.75 Å². The number of nitrogens with one attached hydrogen (secondary N) is 2. The molecule has 12 heteroatoms. The number of nitro groups is 1. The highest BCUT2D eigenvalue weighted by Gasteiger charge is 2.15. The van der Waals surface area contributed by atoms with Gasteiger partial charge in [0.15, 0.2) is 5.13 Å². The number of amides is 2. The molecule has 1 heterocycles. The Balaban J connectivity index is 1.54. The van der Waals surface area contributed by atoms with Crippen LogP contribution in [-0.2, 0) is 9.59 Å². The number of rotatable bonds is 9. The van der Waals surface area contributed by atoms with Crippen molar-refractivity contribution in [3.05, 3.63) is 63.0 Å². The van der Waals surface area contributed by atoms with Crippen LogP contribution >= 0.6 is 22.9 Å². The van der Waals surface area contributed by atoms with E-state index in [1.807, 2.05) is 0 Å².